The lowest BCUT2D eigenvalue weighted by molar-refractivity contribution is 0.410. The zero-order chi connectivity index (χ0) is 14.8. The second-order valence-corrected chi connectivity index (χ2v) is 6.38. The molecule has 0 bridgehead atoms. The maximum Gasteiger partial charge on any atom is 0.145 e. The third kappa shape index (κ3) is 3.42. The first-order chi connectivity index (χ1) is 8.75. The first-order valence-corrected chi connectivity index (χ1v) is 7.30. The quantitative estimate of drug-likeness (QED) is 0.862. The zero-order valence-electron chi connectivity index (χ0n) is 13.0. The molecule has 0 heterocycles. The highest BCUT2D eigenvalue weighted by atomic mass is 79.9. The molecule has 0 aliphatic carbocycles. The van der Waals surface area contributed by atoms with Crippen molar-refractivity contribution < 1.29 is 4.74 Å². The number of anilines is 1. The Morgan fingerprint density at radius 2 is 1.68 bits per heavy atom. The Hall–Kier alpha value is -0.740. The molecule has 0 fully saturated rings. The van der Waals surface area contributed by atoms with Gasteiger partial charge in [0.15, 0.2) is 0 Å². The summed E-state index contributed by atoms with van der Waals surface area (Å²) in [6.07, 6.45) is 0. The number of nitrogens with one attached hydrogen (secondary N) is 2. The average Bonchev–Trinajstić information content (AvgIpc) is 2.39. The van der Waals surface area contributed by atoms with Gasteiger partial charge in [-0.2, -0.15) is 0 Å². The minimum absolute atomic E-state index is 0.0305. The van der Waals surface area contributed by atoms with E-state index in [0.717, 1.165) is 22.5 Å². The largest absolute Gasteiger partial charge is 0.494 e. The number of benzene rings is 1. The van der Waals surface area contributed by atoms with Gasteiger partial charge in [0.1, 0.15) is 5.75 Å². The number of ether oxygens (including phenoxy) is 1. The molecule has 0 aliphatic heterocycles. The Labute approximate surface area is 125 Å². The van der Waals surface area contributed by atoms with Gasteiger partial charge in [0.2, 0.25) is 0 Å². The Morgan fingerprint density at radius 1 is 1.11 bits per heavy atom. The summed E-state index contributed by atoms with van der Waals surface area (Å²) in [5.41, 5.74) is 4.69. The smallest absolute Gasteiger partial charge is 0.145 e. The van der Waals surface area contributed by atoms with Gasteiger partial charge in [-0.25, -0.2) is 0 Å². The van der Waals surface area contributed by atoms with Gasteiger partial charge in [0, 0.05) is 16.6 Å². The van der Waals surface area contributed by atoms with Crippen molar-refractivity contribution in [3.05, 3.63) is 21.2 Å². The van der Waals surface area contributed by atoms with E-state index in [2.05, 4.69) is 61.2 Å². The molecule has 0 amide bonds. The minimum atomic E-state index is 0.0305. The molecule has 1 rings (SSSR count). The second kappa shape index (κ2) is 6.14. The van der Waals surface area contributed by atoms with E-state index in [1.807, 2.05) is 7.05 Å². The van der Waals surface area contributed by atoms with E-state index < -0.39 is 0 Å². The topological polar surface area (TPSA) is 33.3 Å². The first-order valence-electron chi connectivity index (χ1n) is 6.51. The molecule has 0 saturated heterocycles. The molecule has 19 heavy (non-hydrogen) atoms. The van der Waals surface area contributed by atoms with Gasteiger partial charge < -0.3 is 15.4 Å². The van der Waals surface area contributed by atoms with Crippen LogP contribution in [-0.2, 0) is 0 Å². The van der Waals surface area contributed by atoms with Crippen molar-refractivity contribution >= 4 is 21.6 Å². The summed E-state index contributed by atoms with van der Waals surface area (Å²) in [6.45, 7) is 11.5. The number of halogens is 1. The van der Waals surface area contributed by atoms with Crippen molar-refractivity contribution in [3.8, 4) is 5.75 Å². The third-order valence-corrected chi connectivity index (χ3v) is 4.94. The van der Waals surface area contributed by atoms with E-state index in [0.29, 0.717) is 0 Å². The van der Waals surface area contributed by atoms with Gasteiger partial charge in [-0.05, 0) is 58.4 Å². The molecule has 1 aromatic rings. The van der Waals surface area contributed by atoms with E-state index in [-0.39, 0.29) is 5.54 Å². The number of likely N-dealkylation sites (N-methyl/N-ethyl adjacent to an activating group) is 1. The fourth-order valence-corrected chi connectivity index (χ4v) is 2.45. The number of methoxy groups -OCH3 is 1. The van der Waals surface area contributed by atoms with Crippen LogP contribution in [0.1, 0.15) is 30.5 Å². The molecule has 3 nitrogen and oxygen atoms in total. The molecule has 0 aromatic heterocycles. The zero-order valence-corrected chi connectivity index (χ0v) is 14.6. The van der Waals surface area contributed by atoms with Gasteiger partial charge in [0.05, 0.1) is 12.8 Å². The molecular formula is C15H25BrN2O. The Bertz CT molecular complexity index is 470. The van der Waals surface area contributed by atoms with Crippen molar-refractivity contribution in [3.63, 3.8) is 0 Å². The van der Waals surface area contributed by atoms with Crippen LogP contribution in [0.3, 0.4) is 0 Å². The molecule has 108 valence electrons. The predicted molar refractivity (Wildman–Crippen MR) is 86.5 cm³/mol. The molecule has 0 saturated carbocycles. The fraction of sp³-hybridized carbons (Fsp3) is 0.600. The van der Waals surface area contributed by atoms with Crippen LogP contribution in [0, 0.1) is 20.8 Å². The van der Waals surface area contributed by atoms with Gasteiger partial charge >= 0.3 is 0 Å². The van der Waals surface area contributed by atoms with Crippen LogP contribution in [-0.4, -0.2) is 26.2 Å². The molecule has 0 aliphatic rings. The van der Waals surface area contributed by atoms with Crippen molar-refractivity contribution in [2.24, 2.45) is 0 Å². The van der Waals surface area contributed by atoms with E-state index in [1.54, 1.807) is 7.11 Å². The summed E-state index contributed by atoms with van der Waals surface area (Å²) < 4.78 is 6.74. The molecule has 0 radical (unpaired) electrons. The Morgan fingerprint density at radius 3 is 2.16 bits per heavy atom. The van der Waals surface area contributed by atoms with Gasteiger partial charge in [-0.1, -0.05) is 15.9 Å². The van der Waals surface area contributed by atoms with Crippen LogP contribution in [0.5, 0.6) is 5.75 Å². The third-order valence-electron chi connectivity index (χ3n) is 3.75. The number of hydrogen-bond donors (Lipinski definition) is 2. The van der Waals surface area contributed by atoms with Gasteiger partial charge in [-0.3, -0.25) is 0 Å². The first kappa shape index (κ1) is 16.3. The SMILES string of the molecule is CNC(C)(C)CNc1c(C)c(Br)c(C)c(C)c1OC. The predicted octanol–water partition coefficient (Wildman–Crippen LogP) is 3.79. The Kier molecular flexibility index (Phi) is 5.27. The van der Waals surface area contributed by atoms with E-state index in [4.69, 9.17) is 4.74 Å². The Balaban J connectivity index is 3.20. The van der Waals surface area contributed by atoms with Crippen LogP contribution in [0.15, 0.2) is 4.47 Å². The normalized spacial score (nSPS) is 11.6. The molecule has 0 unspecified atom stereocenters. The second-order valence-electron chi connectivity index (χ2n) is 5.58. The highest BCUT2D eigenvalue weighted by Crippen LogP contribution is 2.39. The van der Waals surface area contributed by atoms with E-state index in [9.17, 15) is 0 Å². The van der Waals surface area contributed by atoms with Crippen LogP contribution >= 0.6 is 15.9 Å². The number of rotatable bonds is 5. The summed E-state index contributed by atoms with van der Waals surface area (Å²) in [7, 11) is 3.70. The average molecular weight is 329 g/mol. The summed E-state index contributed by atoms with van der Waals surface area (Å²) in [5.74, 6) is 0.935. The van der Waals surface area contributed by atoms with Gasteiger partial charge in [-0.15, -0.1) is 0 Å². The van der Waals surface area contributed by atoms with E-state index in [1.165, 1.54) is 16.7 Å². The molecule has 0 spiro atoms. The van der Waals surface area contributed by atoms with E-state index >= 15 is 0 Å². The summed E-state index contributed by atoms with van der Waals surface area (Å²) in [4.78, 5) is 0. The minimum Gasteiger partial charge on any atom is -0.494 e. The monoisotopic (exact) mass is 328 g/mol. The fourth-order valence-electron chi connectivity index (χ4n) is 1.95. The molecule has 4 heteroatoms. The van der Waals surface area contributed by atoms with Crippen molar-refractivity contribution in [2.75, 3.05) is 26.0 Å². The summed E-state index contributed by atoms with van der Waals surface area (Å²) >= 11 is 3.67. The highest BCUT2D eigenvalue weighted by molar-refractivity contribution is 9.10. The highest BCUT2D eigenvalue weighted by Gasteiger charge is 2.20. The van der Waals surface area contributed by atoms with Gasteiger partial charge in [0.25, 0.3) is 0 Å². The van der Waals surface area contributed by atoms with Crippen LogP contribution in [0.4, 0.5) is 5.69 Å². The van der Waals surface area contributed by atoms with Crippen molar-refractivity contribution in [1.29, 1.82) is 0 Å². The van der Waals surface area contributed by atoms with Crippen LogP contribution in [0.25, 0.3) is 0 Å². The molecule has 1 aromatic carbocycles. The lowest BCUT2D eigenvalue weighted by atomic mass is 10.0. The lowest BCUT2D eigenvalue weighted by Crippen LogP contribution is -2.42. The summed E-state index contributed by atoms with van der Waals surface area (Å²) in [5, 5.41) is 6.81. The number of hydrogen-bond acceptors (Lipinski definition) is 3. The van der Waals surface area contributed by atoms with Crippen LogP contribution in [0.2, 0.25) is 0 Å². The maximum atomic E-state index is 5.59. The van der Waals surface area contributed by atoms with Crippen molar-refractivity contribution in [2.45, 2.75) is 40.2 Å². The van der Waals surface area contributed by atoms with Crippen molar-refractivity contribution in [1.82, 2.24) is 5.32 Å². The summed E-state index contributed by atoms with van der Waals surface area (Å²) in [6, 6.07) is 0. The molecule has 2 N–H and O–H groups in total. The standard InChI is InChI=1S/C15H25BrN2O/c1-9-10(2)14(19-7)13(11(3)12(9)16)18-8-15(4,5)17-6/h17-18H,8H2,1-7H3. The lowest BCUT2D eigenvalue weighted by Gasteiger charge is -2.27. The molecular weight excluding hydrogens is 304 g/mol. The maximum absolute atomic E-state index is 5.59. The van der Waals surface area contributed by atoms with Crippen LogP contribution < -0.4 is 15.4 Å². The molecule has 0 atom stereocenters.